The molecule has 3 rings (SSSR count). The van der Waals surface area contributed by atoms with E-state index in [0.29, 0.717) is 29.7 Å². The van der Waals surface area contributed by atoms with Crippen LogP contribution in [0.1, 0.15) is 62.7 Å². The highest BCUT2D eigenvalue weighted by atomic mass is 32.2. The van der Waals surface area contributed by atoms with Crippen LogP contribution in [0.2, 0.25) is 0 Å². The summed E-state index contributed by atoms with van der Waals surface area (Å²) >= 11 is 1.71. The summed E-state index contributed by atoms with van der Waals surface area (Å²) in [6.07, 6.45) is 6.68. The Morgan fingerprint density at radius 3 is 2.68 bits per heavy atom. The van der Waals surface area contributed by atoms with E-state index in [2.05, 4.69) is 19.2 Å². The number of nitrogens with one attached hydrogen (secondary N) is 1. The monoisotopic (exact) mass is 406 g/mol. The summed E-state index contributed by atoms with van der Waals surface area (Å²) < 4.78 is 13.7. The number of halogens is 1. The van der Waals surface area contributed by atoms with E-state index in [1.165, 1.54) is 31.4 Å². The zero-order valence-corrected chi connectivity index (χ0v) is 17.6. The van der Waals surface area contributed by atoms with Gasteiger partial charge in [0.05, 0.1) is 5.37 Å². The van der Waals surface area contributed by atoms with Crippen molar-refractivity contribution in [2.75, 3.05) is 12.3 Å². The predicted molar refractivity (Wildman–Crippen MR) is 112 cm³/mol. The quantitative estimate of drug-likeness (QED) is 0.759. The van der Waals surface area contributed by atoms with Crippen LogP contribution in [-0.2, 0) is 4.79 Å². The first-order chi connectivity index (χ1) is 13.5. The molecule has 1 aliphatic heterocycles. The van der Waals surface area contributed by atoms with E-state index in [1.807, 2.05) is 0 Å². The summed E-state index contributed by atoms with van der Waals surface area (Å²) in [6, 6.07) is 5.32. The molecule has 1 aliphatic carbocycles. The Morgan fingerprint density at radius 1 is 1.25 bits per heavy atom. The number of benzene rings is 1. The van der Waals surface area contributed by atoms with E-state index in [0.717, 1.165) is 19.3 Å². The van der Waals surface area contributed by atoms with Crippen LogP contribution in [0.15, 0.2) is 24.3 Å². The number of nitrogens with zero attached hydrogens (tertiary/aromatic N) is 1. The van der Waals surface area contributed by atoms with Gasteiger partial charge in [-0.1, -0.05) is 39.2 Å². The average Bonchev–Trinajstić information content (AvgIpc) is 3.13. The Bertz CT molecular complexity index is 691. The Hall–Kier alpha value is -1.56. The van der Waals surface area contributed by atoms with Gasteiger partial charge in [0.1, 0.15) is 11.9 Å². The predicted octanol–water partition coefficient (Wildman–Crippen LogP) is 4.45. The first-order valence-corrected chi connectivity index (χ1v) is 11.5. The van der Waals surface area contributed by atoms with Gasteiger partial charge in [0.2, 0.25) is 5.91 Å². The van der Waals surface area contributed by atoms with Crippen molar-refractivity contribution < 1.29 is 14.0 Å². The van der Waals surface area contributed by atoms with Gasteiger partial charge in [0.15, 0.2) is 0 Å². The Morgan fingerprint density at radius 2 is 2.00 bits per heavy atom. The lowest BCUT2D eigenvalue weighted by Crippen LogP contribution is -2.51. The molecule has 2 unspecified atom stereocenters. The lowest BCUT2D eigenvalue weighted by molar-refractivity contribution is -0.125. The van der Waals surface area contributed by atoms with Crippen molar-refractivity contribution in [2.24, 2.45) is 11.8 Å². The molecule has 2 fully saturated rings. The van der Waals surface area contributed by atoms with Crippen molar-refractivity contribution in [1.82, 2.24) is 10.2 Å². The molecule has 1 heterocycles. The van der Waals surface area contributed by atoms with Gasteiger partial charge < -0.3 is 10.2 Å². The van der Waals surface area contributed by atoms with E-state index < -0.39 is 11.9 Å². The maximum absolute atomic E-state index is 13.7. The molecule has 1 aromatic rings. The van der Waals surface area contributed by atoms with E-state index in [4.69, 9.17) is 0 Å². The Balaban J connectivity index is 1.80. The summed E-state index contributed by atoms with van der Waals surface area (Å²) in [5, 5.41) is 3.00. The molecule has 4 nitrogen and oxygen atoms in total. The molecule has 1 N–H and O–H groups in total. The minimum Gasteiger partial charge on any atom is -0.354 e. The zero-order chi connectivity index (χ0) is 20.1. The second kappa shape index (κ2) is 9.77. The molecule has 0 bridgehead atoms. The molecule has 1 saturated carbocycles. The van der Waals surface area contributed by atoms with Gasteiger partial charge in [-0.25, -0.2) is 4.39 Å². The average molecular weight is 407 g/mol. The third kappa shape index (κ3) is 5.07. The maximum Gasteiger partial charge on any atom is 0.255 e. The molecular weight excluding hydrogens is 375 g/mol. The van der Waals surface area contributed by atoms with Gasteiger partial charge in [0.25, 0.3) is 5.91 Å². The molecule has 0 spiro atoms. The molecule has 1 saturated heterocycles. The molecule has 1 aromatic carbocycles. The smallest absolute Gasteiger partial charge is 0.255 e. The van der Waals surface area contributed by atoms with Crippen molar-refractivity contribution in [3.63, 3.8) is 0 Å². The normalized spacial score (nSPS) is 23.2. The number of rotatable bonds is 6. The second-order valence-corrected chi connectivity index (χ2v) is 9.48. The van der Waals surface area contributed by atoms with Gasteiger partial charge >= 0.3 is 0 Å². The highest BCUT2D eigenvalue weighted by Crippen LogP contribution is 2.41. The first kappa shape index (κ1) is 21.2. The lowest BCUT2D eigenvalue weighted by atomic mass is 9.88. The van der Waals surface area contributed by atoms with Crippen LogP contribution < -0.4 is 5.32 Å². The van der Waals surface area contributed by atoms with Crippen LogP contribution in [0.5, 0.6) is 0 Å². The van der Waals surface area contributed by atoms with E-state index in [-0.39, 0.29) is 17.2 Å². The summed E-state index contributed by atoms with van der Waals surface area (Å²) in [7, 11) is 0. The molecule has 2 atom stereocenters. The molecule has 0 radical (unpaired) electrons. The fraction of sp³-hybridized carbons (Fsp3) is 0.636. The Kier molecular flexibility index (Phi) is 7.38. The van der Waals surface area contributed by atoms with Crippen molar-refractivity contribution in [2.45, 2.75) is 63.8 Å². The standard InChI is InChI=1S/C22H31FN2O2S/c1-15(2)11-12-24-20(26)19-14-28-22(16-7-4-3-5-8-16)25(19)21(27)17-9-6-10-18(23)13-17/h6,9-10,13,15-16,19,22H,3-5,7-8,11-12,14H2,1-2H3,(H,24,26). The fourth-order valence-electron chi connectivity index (χ4n) is 4.14. The summed E-state index contributed by atoms with van der Waals surface area (Å²) in [5.74, 6) is 0.781. The van der Waals surface area contributed by atoms with Crippen molar-refractivity contribution >= 4 is 23.6 Å². The lowest BCUT2D eigenvalue weighted by Gasteiger charge is -2.35. The number of hydrogen-bond acceptors (Lipinski definition) is 3. The van der Waals surface area contributed by atoms with Crippen molar-refractivity contribution in [1.29, 1.82) is 0 Å². The van der Waals surface area contributed by atoms with Crippen molar-refractivity contribution in [3.05, 3.63) is 35.6 Å². The highest BCUT2D eigenvalue weighted by Gasteiger charge is 2.45. The second-order valence-electron chi connectivity index (χ2n) is 8.33. The minimum absolute atomic E-state index is 0.00286. The SMILES string of the molecule is CC(C)CCNC(=O)C1CSC(C2CCCCC2)N1C(=O)c1cccc(F)c1. The van der Waals surface area contributed by atoms with Gasteiger partial charge in [-0.3, -0.25) is 9.59 Å². The molecule has 0 aromatic heterocycles. The van der Waals surface area contributed by atoms with E-state index in [9.17, 15) is 14.0 Å². The number of amides is 2. The number of hydrogen-bond donors (Lipinski definition) is 1. The first-order valence-electron chi connectivity index (χ1n) is 10.4. The van der Waals surface area contributed by atoms with Crippen molar-refractivity contribution in [3.8, 4) is 0 Å². The number of carbonyl (C=O) groups excluding carboxylic acids is 2. The Labute approximate surface area is 171 Å². The van der Waals surface area contributed by atoms with Crippen LogP contribution in [0, 0.1) is 17.7 Å². The maximum atomic E-state index is 13.7. The van der Waals surface area contributed by atoms with Gasteiger partial charge in [-0.2, -0.15) is 0 Å². The molecule has 28 heavy (non-hydrogen) atoms. The minimum atomic E-state index is -0.486. The van der Waals surface area contributed by atoms with Crippen LogP contribution in [0.25, 0.3) is 0 Å². The largest absolute Gasteiger partial charge is 0.354 e. The van der Waals surface area contributed by atoms with Gasteiger partial charge in [0, 0.05) is 17.9 Å². The fourth-order valence-corrected chi connectivity index (χ4v) is 5.78. The van der Waals surface area contributed by atoms with E-state index in [1.54, 1.807) is 28.8 Å². The molecule has 2 amide bonds. The topological polar surface area (TPSA) is 49.4 Å². The highest BCUT2D eigenvalue weighted by molar-refractivity contribution is 8.00. The molecule has 154 valence electrons. The molecule has 6 heteroatoms. The third-order valence-electron chi connectivity index (χ3n) is 5.72. The molecule has 2 aliphatic rings. The molecular formula is C22H31FN2O2S. The van der Waals surface area contributed by atoms with Crippen LogP contribution in [0.4, 0.5) is 4.39 Å². The summed E-state index contributed by atoms with van der Waals surface area (Å²) in [4.78, 5) is 27.9. The van der Waals surface area contributed by atoms with Crippen LogP contribution in [-0.4, -0.2) is 40.4 Å². The third-order valence-corrected chi connectivity index (χ3v) is 7.18. The van der Waals surface area contributed by atoms with Gasteiger partial charge in [-0.05, 0) is 49.3 Å². The summed E-state index contributed by atoms with van der Waals surface area (Å²) in [6.45, 7) is 4.86. The van der Waals surface area contributed by atoms with E-state index >= 15 is 0 Å². The number of carbonyl (C=O) groups is 2. The van der Waals surface area contributed by atoms with Crippen LogP contribution in [0.3, 0.4) is 0 Å². The zero-order valence-electron chi connectivity index (χ0n) is 16.8. The summed E-state index contributed by atoms with van der Waals surface area (Å²) in [5.41, 5.74) is 0.322. The number of thioether (sulfide) groups is 1. The van der Waals surface area contributed by atoms with Crippen LogP contribution >= 0.6 is 11.8 Å². The van der Waals surface area contributed by atoms with Gasteiger partial charge in [-0.15, -0.1) is 11.8 Å².